The summed E-state index contributed by atoms with van der Waals surface area (Å²) in [7, 11) is 0. The van der Waals surface area contributed by atoms with Gasteiger partial charge in [-0.3, -0.25) is 9.78 Å². The van der Waals surface area contributed by atoms with Gasteiger partial charge in [0.15, 0.2) is 0 Å². The van der Waals surface area contributed by atoms with Crippen LogP contribution in [0.5, 0.6) is 5.75 Å². The Morgan fingerprint density at radius 1 is 1.08 bits per heavy atom. The first kappa shape index (κ1) is 19.6. The summed E-state index contributed by atoms with van der Waals surface area (Å²) in [5, 5.41) is 14.7. The minimum Gasteiger partial charge on any atom is -0.507 e. The largest absolute Gasteiger partial charge is 0.507 e. The second-order valence-electron chi connectivity index (χ2n) is 8.40. The Kier molecular flexibility index (Phi) is 5.50. The summed E-state index contributed by atoms with van der Waals surface area (Å²) < 4.78 is 0. The molecule has 0 radical (unpaired) electrons. The number of aromatic hydroxyl groups is 1. The second kappa shape index (κ2) is 7.28. The zero-order chi connectivity index (χ0) is 19.5. The zero-order valence-electron chi connectivity index (χ0n) is 16.3. The molecule has 0 aliphatic rings. The van der Waals surface area contributed by atoms with Crippen LogP contribution in [0.3, 0.4) is 0 Å². The lowest BCUT2D eigenvalue weighted by molar-refractivity contribution is 0.0955. The Labute approximate surface area is 155 Å². The van der Waals surface area contributed by atoms with Crippen LogP contribution in [0.25, 0.3) is 0 Å². The van der Waals surface area contributed by atoms with Gasteiger partial charge in [-0.15, -0.1) is 0 Å². The van der Waals surface area contributed by atoms with Gasteiger partial charge in [0.2, 0.25) is 0 Å². The molecule has 5 heteroatoms. The van der Waals surface area contributed by atoms with Crippen molar-refractivity contribution in [1.29, 1.82) is 0 Å². The van der Waals surface area contributed by atoms with Crippen LogP contribution in [0.4, 0.5) is 0 Å². The minimum atomic E-state index is -0.328. The molecule has 1 amide bonds. The van der Waals surface area contributed by atoms with E-state index in [9.17, 15) is 9.90 Å². The van der Waals surface area contributed by atoms with Crippen LogP contribution in [0.15, 0.2) is 41.8 Å². The number of carbonyl (C=O) groups is 1. The summed E-state index contributed by atoms with van der Waals surface area (Å²) >= 11 is 0. The van der Waals surface area contributed by atoms with Crippen molar-refractivity contribution in [3.63, 3.8) is 0 Å². The molecule has 1 aromatic carbocycles. The van der Waals surface area contributed by atoms with Crippen molar-refractivity contribution in [3.05, 3.63) is 58.9 Å². The molecule has 0 saturated carbocycles. The van der Waals surface area contributed by atoms with E-state index < -0.39 is 0 Å². The van der Waals surface area contributed by atoms with E-state index in [0.29, 0.717) is 11.1 Å². The molecule has 0 spiro atoms. The van der Waals surface area contributed by atoms with Gasteiger partial charge in [0, 0.05) is 29.1 Å². The van der Waals surface area contributed by atoms with Crippen LogP contribution < -0.4 is 5.43 Å². The molecule has 0 aliphatic heterocycles. The fourth-order valence-electron chi connectivity index (χ4n) is 2.49. The lowest BCUT2D eigenvalue weighted by Crippen LogP contribution is -2.19. The molecule has 1 aromatic heterocycles. The maximum atomic E-state index is 12.1. The summed E-state index contributed by atoms with van der Waals surface area (Å²) in [5.74, 6) is -0.140. The van der Waals surface area contributed by atoms with Gasteiger partial charge in [0.1, 0.15) is 5.75 Å². The highest BCUT2D eigenvalue weighted by molar-refractivity contribution is 5.95. The molecule has 0 bridgehead atoms. The molecule has 0 saturated heterocycles. The number of phenols is 1. The predicted octanol–water partition coefficient (Wildman–Crippen LogP) is 4.15. The van der Waals surface area contributed by atoms with Crippen molar-refractivity contribution >= 4 is 12.1 Å². The third-order valence-electron chi connectivity index (χ3n) is 4.13. The summed E-state index contributed by atoms with van der Waals surface area (Å²) in [6, 6.07) is 7.18. The van der Waals surface area contributed by atoms with Crippen LogP contribution in [0, 0.1) is 0 Å². The van der Waals surface area contributed by atoms with Crippen LogP contribution in [-0.4, -0.2) is 22.2 Å². The highest BCUT2D eigenvalue weighted by atomic mass is 16.3. The van der Waals surface area contributed by atoms with Crippen LogP contribution >= 0.6 is 0 Å². The van der Waals surface area contributed by atoms with E-state index in [2.05, 4.69) is 57.1 Å². The number of hydrogen-bond donors (Lipinski definition) is 2. The minimum absolute atomic E-state index is 0.0728. The first-order valence-electron chi connectivity index (χ1n) is 8.61. The van der Waals surface area contributed by atoms with Gasteiger partial charge < -0.3 is 5.11 Å². The molecule has 0 unspecified atom stereocenters. The number of rotatable bonds is 3. The number of hydrazone groups is 1. The van der Waals surface area contributed by atoms with Gasteiger partial charge in [-0.1, -0.05) is 47.6 Å². The van der Waals surface area contributed by atoms with Gasteiger partial charge in [0.25, 0.3) is 5.91 Å². The fraction of sp³-hybridized carbons (Fsp3) is 0.381. The van der Waals surface area contributed by atoms with Crippen LogP contribution in [0.1, 0.15) is 68.6 Å². The average molecular weight is 353 g/mol. The van der Waals surface area contributed by atoms with Crippen molar-refractivity contribution in [1.82, 2.24) is 10.4 Å². The smallest absolute Gasteiger partial charge is 0.271 e. The second-order valence-corrected chi connectivity index (χ2v) is 8.40. The van der Waals surface area contributed by atoms with Crippen molar-refractivity contribution < 1.29 is 9.90 Å². The monoisotopic (exact) mass is 353 g/mol. The van der Waals surface area contributed by atoms with Gasteiger partial charge in [-0.2, -0.15) is 5.10 Å². The number of amides is 1. The third kappa shape index (κ3) is 4.69. The van der Waals surface area contributed by atoms with E-state index in [0.717, 1.165) is 11.1 Å². The predicted molar refractivity (Wildman–Crippen MR) is 105 cm³/mol. The van der Waals surface area contributed by atoms with Crippen molar-refractivity contribution in [2.45, 2.75) is 52.4 Å². The van der Waals surface area contributed by atoms with Crippen molar-refractivity contribution in [2.24, 2.45) is 5.10 Å². The molecule has 2 aromatic rings. The molecule has 1 heterocycles. The van der Waals surface area contributed by atoms with Gasteiger partial charge in [0.05, 0.1) is 6.21 Å². The lowest BCUT2D eigenvalue weighted by atomic mass is 9.79. The topological polar surface area (TPSA) is 74.6 Å². The number of hydrogen-bond acceptors (Lipinski definition) is 4. The van der Waals surface area contributed by atoms with E-state index in [1.54, 1.807) is 24.5 Å². The number of nitrogens with zero attached hydrogens (tertiary/aromatic N) is 2. The van der Waals surface area contributed by atoms with Gasteiger partial charge in [-0.25, -0.2) is 5.43 Å². The first-order valence-corrected chi connectivity index (χ1v) is 8.61. The van der Waals surface area contributed by atoms with E-state index >= 15 is 0 Å². The van der Waals surface area contributed by atoms with E-state index in [-0.39, 0.29) is 22.5 Å². The average Bonchev–Trinajstić information content (AvgIpc) is 2.55. The lowest BCUT2D eigenvalue weighted by Gasteiger charge is -2.26. The number of nitrogens with one attached hydrogen (secondary N) is 1. The Balaban J connectivity index is 2.34. The fourth-order valence-corrected chi connectivity index (χ4v) is 2.49. The molecule has 26 heavy (non-hydrogen) atoms. The number of carbonyl (C=O) groups excluding carboxylic acids is 1. The summed E-state index contributed by atoms with van der Waals surface area (Å²) in [4.78, 5) is 15.9. The maximum Gasteiger partial charge on any atom is 0.271 e. The number of benzene rings is 1. The molecule has 5 nitrogen and oxygen atoms in total. The molecular formula is C21H27N3O2. The van der Waals surface area contributed by atoms with Gasteiger partial charge in [-0.05, 0) is 34.6 Å². The molecular weight excluding hydrogens is 326 g/mol. The maximum absolute atomic E-state index is 12.1. The highest BCUT2D eigenvalue weighted by Gasteiger charge is 2.24. The van der Waals surface area contributed by atoms with Crippen LogP contribution in [-0.2, 0) is 10.8 Å². The van der Waals surface area contributed by atoms with Crippen molar-refractivity contribution in [2.75, 3.05) is 0 Å². The van der Waals surface area contributed by atoms with E-state index in [1.807, 2.05) is 12.1 Å². The molecule has 0 fully saturated rings. The number of pyridine rings is 1. The van der Waals surface area contributed by atoms with E-state index in [4.69, 9.17) is 0 Å². The third-order valence-corrected chi connectivity index (χ3v) is 4.13. The summed E-state index contributed by atoms with van der Waals surface area (Å²) in [6.07, 6.45) is 4.58. The van der Waals surface area contributed by atoms with Gasteiger partial charge >= 0.3 is 0 Å². The molecule has 0 atom stereocenters. The summed E-state index contributed by atoms with van der Waals surface area (Å²) in [5.41, 5.74) is 5.20. The molecule has 0 aliphatic carbocycles. The van der Waals surface area contributed by atoms with E-state index in [1.165, 1.54) is 6.21 Å². The standard InChI is InChI=1S/C21H27N3O2/c1-20(2,3)16-11-15(18(25)17(12-16)21(4,5)6)13-23-24-19(26)14-7-9-22-10-8-14/h7-13,25H,1-6H3,(H,24,26). The molecule has 138 valence electrons. The zero-order valence-corrected chi connectivity index (χ0v) is 16.3. The van der Waals surface area contributed by atoms with Crippen molar-refractivity contribution in [3.8, 4) is 5.75 Å². The number of aromatic nitrogens is 1. The Morgan fingerprint density at radius 3 is 2.23 bits per heavy atom. The quantitative estimate of drug-likeness (QED) is 0.643. The highest BCUT2D eigenvalue weighted by Crippen LogP contribution is 2.37. The Hall–Kier alpha value is -2.69. The Bertz CT molecular complexity index is 814. The summed E-state index contributed by atoms with van der Waals surface area (Å²) in [6.45, 7) is 12.5. The normalized spacial score (nSPS) is 12.4. The first-order chi connectivity index (χ1) is 12.0. The SMILES string of the molecule is CC(C)(C)c1cc(C=NNC(=O)c2ccncc2)c(O)c(C(C)(C)C)c1. The Morgan fingerprint density at radius 2 is 1.69 bits per heavy atom. The van der Waals surface area contributed by atoms with Crippen LogP contribution in [0.2, 0.25) is 0 Å². The molecule has 2 rings (SSSR count). The molecule has 2 N–H and O–H groups in total. The number of phenolic OH excluding ortho intramolecular Hbond substituents is 1.